The summed E-state index contributed by atoms with van der Waals surface area (Å²) in [6.45, 7) is 0. The number of fused-ring (bicyclic) bond motifs is 1. The third kappa shape index (κ3) is 2.88. The van der Waals surface area contributed by atoms with Crippen molar-refractivity contribution < 1.29 is 4.74 Å². The first-order valence-electron chi connectivity index (χ1n) is 8.59. The quantitative estimate of drug-likeness (QED) is 0.460. The van der Waals surface area contributed by atoms with Gasteiger partial charge in [-0.25, -0.2) is 4.99 Å². The molecule has 0 aliphatic heterocycles. The number of nitrogens with zero attached hydrogens (tertiary/aromatic N) is 2. The number of methoxy groups -OCH3 is 1. The Morgan fingerprint density at radius 1 is 0.808 bits per heavy atom. The molecule has 0 saturated carbocycles. The predicted molar refractivity (Wildman–Crippen MR) is 108 cm³/mol. The van der Waals surface area contributed by atoms with Crippen LogP contribution in [0.25, 0.3) is 10.9 Å². The van der Waals surface area contributed by atoms with Crippen molar-refractivity contribution in [2.45, 2.75) is 0 Å². The molecule has 4 rings (SSSR count). The summed E-state index contributed by atoms with van der Waals surface area (Å²) in [5, 5.41) is 1.15. The summed E-state index contributed by atoms with van der Waals surface area (Å²) in [7, 11) is 3.72. The van der Waals surface area contributed by atoms with Crippen LogP contribution in [-0.4, -0.2) is 17.4 Å². The van der Waals surface area contributed by atoms with Crippen LogP contribution in [0.2, 0.25) is 0 Å². The van der Waals surface area contributed by atoms with E-state index in [1.54, 1.807) is 7.11 Å². The third-order valence-corrected chi connectivity index (χ3v) is 4.51. The number of hydrogen-bond donors (Lipinski definition) is 0. The Morgan fingerprint density at radius 3 is 2.00 bits per heavy atom. The van der Waals surface area contributed by atoms with Crippen LogP contribution in [0.1, 0.15) is 11.1 Å². The molecule has 4 aromatic rings. The van der Waals surface area contributed by atoms with E-state index in [0.717, 1.165) is 39.2 Å². The molecule has 3 heteroatoms. The van der Waals surface area contributed by atoms with Crippen molar-refractivity contribution in [2.24, 2.45) is 12.0 Å². The smallest absolute Gasteiger partial charge is 0.146 e. The van der Waals surface area contributed by atoms with Crippen LogP contribution in [0.3, 0.4) is 0 Å². The summed E-state index contributed by atoms with van der Waals surface area (Å²) in [5.41, 5.74) is 4.99. The minimum atomic E-state index is 0.767. The summed E-state index contributed by atoms with van der Waals surface area (Å²) in [4.78, 5) is 5.10. The first-order chi connectivity index (χ1) is 12.8. The molecule has 0 amide bonds. The van der Waals surface area contributed by atoms with Gasteiger partial charge in [0.15, 0.2) is 0 Å². The fourth-order valence-electron chi connectivity index (χ4n) is 3.22. The molecular weight excluding hydrogens is 320 g/mol. The minimum absolute atomic E-state index is 0.767. The topological polar surface area (TPSA) is 26.5 Å². The fraction of sp³-hybridized carbons (Fsp3) is 0.0870. The van der Waals surface area contributed by atoms with Crippen LogP contribution < -0.4 is 4.74 Å². The number of hydrogen-bond acceptors (Lipinski definition) is 2. The van der Waals surface area contributed by atoms with Gasteiger partial charge in [-0.15, -0.1) is 0 Å². The SMILES string of the molecule is COc1ccc2ccn(C)c2c1N=C(c1ccccc1)c1ccccc1. The Bertz CT molecular complexity index is 1020. The van der Waals surface area contributed by atoms with Crippen molar-refractivity contribution in [1.29, 1.82) is 0 Å². The molecule has 0 bridgehead atoms. The molecule has 0 saturated heterocycles. The van der Waals surface area contributed by atoms with Gasteiger partial charge in [0.05, 0.1) is 18.3 Å². The monoisotopic (exact) mass is 340 g/mol. The van der Waals surface area contributed by atoms with E-state index in [4.69, 9.17) is 9.73 Å². The molecule has 0 aliphatic carbocycles. The summed E-state index contributed by atoms with van der Waals surface area (Å²) in [5.74, 6) is 0.767. The molecule has 26 heavy (non-hydrogen) atoms. The second-order valence-electron chi connectivity index (χ2n) is 6.17. The lowest BCUT2D eigenvalue weighted by molar-refractivity contribution is 0.416. The second kappa shape index (κ2) is 6.89. The van der Waals surface area contributed by atoms with Crippen molar-refractivity contribution in [2.75, 3.05) is 7.11 Å². The third-order valence-electron chi connectivity index (χ3n) is 4.51. The summed E-state index contributed by atoms with van der Waals surface area (Å²) >= 11 is 0. The average molecular weight is 340 g/mol. The number of aliphatic imine (C=N–C) groups is 1. The molecular formula is C23H20N2O. The van der Waals surface area contributed by atoms with Crippen LogP contribution in [0.15, 0.2) is 90.1 Å². The van der Waals surface area contributed by atoms with E-state index in [0.29, 0.717) is 0 Å². The Morgan fingerprint density at radius 2 is 1.42 bits per heavy atom. The maximum Gasteiger partial charge on any atom is 0.146 e. The highest BCUT2D eigenvalue weighted by molar-refractivity contribution is 6.15. The first-order valence-corrected chi connectivity index (χ1v) is 8.59. The van der Waals surface area contributed by atoms with Gasteiger partial charge < -0.3 is 9.30 Å². The molecule has 0 fully saturated rings. The minimum Gasteiger partial charge on any atom is -0.494 e. The molecule has 1 aromatic heterocycles. The Balaban J connectivity index is 2.02. The molecule has 0 atom stereocenters. The van der Waals surface area contributed by atoms with Gasteiger partial charge in [0.2, 0.25) is 0 Å². The van der Waals surface area contributed by atoms with E-state index in [2.05, 4.69) is 41.0 Å². The zero-order chi connectivity index (χ0) is 17.9. The zero-order valence-corrected chi connectivity index (χ0v) is 14.9. The Hall–Kier alpha value is -3.33. The molecule has 0 unspecified atom stereocenters. The van der Waals surface area contributed by atoms with Gasteiger partial charge in [0.25, 0.3) is 0 Å². The molecule has 0 radical (unpaired) electrons. The highest BCUT2D eigenvalue weighted by atomic mass is 16.5. The van der Waals surface area contributed by atoms with E-state index >= 15 is 0 Å². The normalized spacial score (nSPS) is 10.7. The molecule has 0 aliphatic rings. The standard InChI is InChI=1S/C23H20N2O/c1-25-16-15-19-13-14-20(26-2)22(23(19)25)24-21(17-9-5-3-6-10-17)18-11-7-4-8-12-18/h3-16H,1-2H3. The second-order valence-corrected chi connectivity index (χ2v) is 6.17. The highest BCUT2D eigenvalue weighted by Crippen LogP contribution is 2.37. The van der Waals surface area contributed by atoms with Crippen LogP contribution >= 0.6 is 0 Å². The summed E-state index contributed by atoms with van der Waals surface area (Å²) in [6.07, 6.45) is 2.05. The number of benzene rings is 3. The fourth-order valence-corrected chi connectivity index (χ4v) is 3.22. The maximum absolute atomic E-state index is 5.63. The van der Waals surface area contributed by atoms with Gasteiger partial charge in [0, 0.05) is 29.8 Å². The molecule has 1 heterocycles. The van der Waals surface area contributed by atoms with Gasteiger partial charge in [-0.05, 0) is 18.2 Å². The van der Waals surface area contributed by atoms with Crippen LogP contribution in [0.4, 0.5) is 5.69 Å². The van der Waals surface area contributed by atoms with Crippen molar-refractivity contribution >= 4 is 22.3 Å². The predicted octanol–water partition coefficient (Wildman–Crippen LogP) is 5.36. The van der Waals surface area contributed by atoms with Crippen LogP contribution in [-0.2, 0) is 7.05 Å². The highest BCUT2D eigenvalue weighted by Gasteiger charge is 2.14. The van der Waals surface area contributed by atoms with E-state index < -0.39 is 0 Å². The maximum atomic E-state index is 5.63. The summed E-state index contributed by atoms with van der Waals surface area (Å²) < 4.78 is 7.72. The van der Waals surface area contributed by atoms with Gasteiger partial charge in [-0.3, -0.25) is 0 Å². The van der Waals surface area contributed by atoms with Gasteiger partial charge in [0.1, 0.15) is 11.4 Å². The van der Waals surface area contributed by atoms with E-state index in [9.17, 15) is 0 Å². The lowest BCUT2D eigenvalue weighted by atomic mass is 10.0. The van der Waals surface area contributed by atoms with E-state index in [1.807, 2.05) is 55.7 Å². The largest absolute Gasteiger partial charge is 0.494 e. The molecule has 0 N–H and O–H groups in total. The van der Waals surface area contributed by atoms with Crippen LogP contribution in [0, 0.1) is 0 Å². The number of aromatic nitrogens is 1. The molecule has 3 aromatic carbocycles. The first kappa shape index (κ1) is 16.2. The van der Waals surface area contributed by atoms with Crippen molar-refractivity contribution in [3.63, 3.8) is 0 Å². The number of ether oxygens (including phenoxy) is 1. The van der Waals surface area contributed by atoms with Crippen molar-refractivity contribution in [3.05, 3.63) is 96.2 Å². The molecule has 0 spiro atoms. The lowest BCUT2D eigenvalue weighted by Crippen LogP contribution is -2.03. The van der Waals surface area contributed by atoms with E-state index in [1.165, 1.54) is 0 Å². The Kier molecular flexibility index (Phi) is 4.28. The Labute approximate surface area is 153 Å². The van der Waals surface area contributed by atoms with Gasteiger partial charge in [-0.2, -0.15) is 0 Å². The van der Waals surface area contributed by atoms with E-state index in [-0.39, 0.29) is 0 Å². The number of rotatable bonds is 4. The average Bonchev–Trinajstić information content (AvgIpc) is 3.08. The lowest BCUT2D eigenvalue weighted by Gasteiger charge is -2.12. The van der Waals surface area contributed by atoms with Crippen LogP contribution in [0.5, 0.6) is 5.75 Å². The van der Waals surface area contributed by atoms with Crippen molar-refractivity contribution in [1.82, 2.24) is 4.57 Å². The molecule has 128 valence electrons. The molecule has 3 nitrogen and oxygen atoms in total. The number of aryl methyl sites for hydroxylation is 1. The zero-order valence-electron chi connectivity index (χ0n) is 14.9. The van der Waals surface area contributed by atoms with Gasteiger partial charge in [-0.1, -0.05) is 60.7 Å². The summed E-state index contributed by atoms with van der Waals surface area (Å²) in [6, 6.07) is 26.7. The van der Waals surface area contributed by atoms with Crippen molar-refractivity contribution in [3.8, 4) is 5.75 Å². The van der Waals surface area contributed by atoms with Gasteiger partial charge >= 0.3 is 0 Å².